The number of rotatable bonds is 4. The molecule has 0 aromatic heterocycles. The second-order valence-electron chi connectivity index (χ2n) is 6.65. The van der Waals surface area contributed by atoms with Gasteiger partial charge in [0.05, 0.1) is 0 Å². The molecule has 3 nitrogen and oxygen atoms in total. The molecule has 0 amide bonds. The Labute approximate surface area is 129 Å². The number of nitrogens with two attached hydrogens (primary N) is 1. The SMILES string of the molecule is CCC(c1ccccc1)N1CCC(N2CCC(N)CC2)C1. The zero-order chi connectivity index (χ0) is 14.7. The molecule has 0 radical (unpaired) electrons. The molecule has 2 unspecified atom stereocenters. The largest absolute Gasteiger partial charge is 0.328 e. The fraction of sp³-hybridized carbons (Fsp3) is 0.667. The lowest BCUT2D eigenvalue weighted by Gasteiger charge is -2.35. The summed E-state index contributed by atoms with van der Waals surface area (Å²) in [5.41, 5.74) is 7.51. The number of likely N-dealkylation sites (tertiary alicyclic amines) is 2. The molecule has 0 spiro atoms. The maximum absolute atomic E-state index is 6.03. The second-order valence-corrected chi connectivity index (χ2v) is 6.65. The Balaban J connectivity index is 1.60. The van der Waals surface area contributed by atoms with Gasteiger partial charge >= 0.3 is 0 Å². The summed E-state index contributed by atoms with van der Waals surface area (Å²) in [4.78, 5) is 5.37. The third-order valence-electron chi connectivity index (χ3n) is 5.30. The van der Waals surface area contributed by atoms with Crippen LogP contribution in [0.1, 0.15) is 44.2 Å². The van der Waals surface area contributed by atoms with E-state index in [4.69, 9.17) is 5.73 Å². The molecule has 2 aliphatic rings. The number of hydrogen-bond donors (Lipinski definition) is 1. The Morgan fingerprint density at radius 3 is 2.48 bits per heavy atom. The molecule has 2 atom stereocenters. The lowest BCUT2D eigenvalue weighted by Crippen LogP contribution is -2.46. The minimum atomic E-state index is 0.437. The molecule has 3 heteroatoms. The van der Waals surface area contributed by atoms with Crippen molar-refractivity contribution in [3.63, 3.8) is 0 Å². The van der Waals surface area contributed by atoms with Crippen LogP contribution in [-0.4, -0.2) is 48.1 Å². The molecule has 2 saturated heterocycles. The fourth-order valence-corrected chi connectivity index (χ4v) is 4.01. The van der Waals surface area contributed by atoms with Crippen molar-refractivity contribution in [1.82, 2.24) is 9.80 Å². The lowest BCUT2D eigenvalue weighted by atomic mass is 10.0. The van der Waals surface area contributed by atoms with Gasteiger partial charge in [-0.05, 0) is 44.3 Å². The normalized spacial score (nSPS) is 27.0. The average Bonchev–Trinajstić information content (AvgIpc) is 2.99. The van der Waals surface area contributed by atoms with Crippen LogP contribution in [-0.2, 0) is 0 Å². The molecular formula is C18H29N3. The third kappa shape index (κ3) is 3.47. The van der Waals surface area contributed by atoms with E-state index in [0.29, 0.717) is 12.1 Å². The van der Waals surface area contributed by atoms with Gasteiger partial charge in [-0.3, -0.25) is 9.80 Å². The van der Waals surface area contributed by atoms with Gasteiger partial charge in [-0.25, -0.2) is 0 Å². The molecule has 116 valence electrons. The van der Waals surface area contributed by atoms with E-state index in [1.54, 1.807) is 0 Å². The van der Waals surface area contributed by atoms with Crippen molar-refractivity contribution in [2.75, 3.05) is 26.2 Å². The topological polar surface area (TPSA) is 32.5 Å². The molecule has 21 heavy (non-hydrogen) atoms. The van der Waals surface area contributed by atoms with E-state index < -0.39 is 0 Å². The monoisotopic (exact) mass is 287 g/mol. The van der Waals surface area contributed by atoms with E-state index in [1.807, 2.05) is 0 Å². The van der Waals surface area contributed by atoms with Crippen molar-refractivity contribution in [3.8, 4) is 0 Å². The van der Waals surface area contributed by atoms with E-state index in [0.717, 1.165) is 6.04 Å². The standard InChI is InChI=1S/C18H29N3/c1-2-18(15-6-4-3-5-7-15)21-13-10-17(14-21)20-11-8-16(19)9-12-20/h3-7,16-18H,2,8-14,19H2,1H3. The van der Waals surface area contributed by atoms with Crippen LogP contribution in [0.3, 0.4) is 0 Å². The maximum Gasteiger partial charge on any atom is 0.0346 e. The van der Waals surface area contributed by atoms with Crippen LogP contribution < -0.4 is 5.73 Å². The molecule has 0 bridgehead atoms. The van der Waals surface area contributed by atoms with Crippen LogP contribution in [0.5, 0.6) is 0 Å². The zero-order valence-corrected chi connectivity index (χ0v) is 13.2. The van der Waals surface area contributed by atoms with Crippen LogP contribution in [0.2, 0.25) is 0 Å². The van der Waals surface area contributed by atoms with E-state index in [2.05, 4.69) is 47.1 Å². The van der Waals surface area contributed by atoms with Crippen molar-refractivity contribution in [2.24, 2.45) is 5.73 Å². The molecule has 2 N–H and O–H groups in total. The molecule has 2 heterocycles. The van der Waals surface area contributed by atoms with Gasteiger partial charge in [0.15, 0.2) is 0 Å². The van der Waals surface area contributed by atoms with Gasteiger partial charge in [-0.15, -0.1) is 0 Å². The van der Waals surface area contributed by atoms with E-state index in [-0.39, 0.29) is 0 Å². The lowest BCUT2D eigenvalue weighted by molar-refractivity contribution is 0.143. The highest BCUT2D eigenvalue weighted by Gasteiger charge is 2.32. The first-order valence-electron chi connectivity index (χ1n) is 8.56. The van der Waals surface area contributed by atoms with Crippen LogP contribution >= 0.6 is 0 Å². The van der Waals surface area contributed by atoms with Gasteiger partial charge in [0.25, 0.3) is 0 Å². The first kappa shape index (κ1) is 15.0. The smallest absolute Gasteiger partial charge is 0.0346 e. The van der Waals surface area contributed by atoms with Crippen LogP contribution in [0, 0.1) is 0 Å². The second kappa shape index (κ2) is 6.91. The quantitative estimate of drug-likeness (QED) is 0.924. The summed E-state index contributed by atoms with van der Waals surface area (Å²) >= 11 is 0. The molecular weight excluding hydrogens is 258 g/mol. The molecule has 0 saturated carbocycles. The van der Waals surface area contributed by atoms with Crippen LogP contribution in [0.25, 0.3) is 0 Å². The third-order valence-corrected chi connectivity index (χ3v) is 5.30. The molecule has 0 aliphatic carbocycles. The van der Waals surface area contributed by atoms with Gasteiger partial charge < -0.3 is 5.73 Å². The predicted molar refractivity (Wildman–Crippen MR) is 88.2 cm³/mol. The fourth-order valence-electron chi connectivity index (χ4n) is 4.01. The highest BCUT2D eigenvalue weighted by atomic mass is 15.3. The molecule has 2 fully saturated rings. The summed E-state index contributed by atoms with van der Waals surface area (Å²) in [5.74, 6) is 0. The van der Waals surface area contributed by atoms with Crippen molar-refractivity contribution in [3.05, 3.63) is 35.9 Å². The van der Waals surface area contributed by atoms with Crippen molar-refractivity contribution >= 4 is 0 Å². The van der Waals surface area contributed by atoms with Gasteiger partial charge in [0.2, 0.25) is 0 Å². The summed E-state index contributed by atoms with van der Waals surface area (Å²) < 4.78 is 0. The average molecular weight is 287 g/mol. The van der Waals surface area contributed by atoms with Crippen LogP contribution in [0.15, 0.2) is 30.3 Å². The molecule has 1 aromatic carbocycles. The summed E-state index contributed by atoms with van der Waals surface area (Å²) in [5, 5.41) is 0. The first-order chi connectivity index (χ1) is 10.3. The molecule has 1 aromatic rings. The van der Waals surface area contributed by atoms with Gasteiger partial charge in [0, 0.05) is 31.2 Å². The summed E-state index contributed by atoms with van der Waals surface area (Å²) in [6.45, 7) is 7.16. The van der Waals surface area contributed by atoms with Crippen LogP contribution in [0.4, 0.5) is 0 Å². The predicted octanol–water partition coefficient (Wildman–Crippen LogP) is 2.64. The molecule has 2 aliphatic heterocycles. The maximum atomic E-state index is 6.03. The van der Waals surface area contributed by atoms with Gasteiger partial charge in [-0.2, -0.15) is 0 Å². The van der Waals surface area contributed by atoms with Crippen molar-refractivity contribution in [2.45, 2.75) is 50.7 Å². The van der Waals surface area contributed by atoms with Gasteiger partial charge in [-0.1, -0.05) is 37.3 Å². The Kier molecular flexibility index (Phi) is 4.94. The Hall–Kier alpha value is -0.900. The Morgan fingerprint density at radius 2 is 1.81 bits per heavy atom. The Bertz CT molecular complexity index is 425. The highest BCUT2D eigenvalue weighted by Crippen LogP contribution is 2.30. The summed E-state index contributed by atoms with van der Waals surface area (Å²) in [6.07, 6.45) is 4.86. The first-order valence-corrected chi connectivity index (χ1v) is 8.56. The highest BCUT2D eigenvalue weighted by molar-refractivity contribution is 5.19. The summed E-state index contributed by atoms with van der Waals surface area (Å²) in [6, 6.07) is 12.8. The summed E-state index contributed by atoms with van der Waals surface area (Å²) in [7, 11) is 0. The van der Waals surface area contributed by atoms with Crippen molar-refractivity contribution < 1.29 is 0 Å². The minimum absolute atomic E-state index is 0.437. The van der Waals surface area contributed by atoms with Gasteiger partial charge in [0.1, 0.15) is 0 Å². The molecule has 3 rings (SSSR count). The zero-order valence-electron chi connectivity index (χ0n) is 13.2. The van der Waals surface area contributed by atoms with E-state index in [9.17, 15) is 0 Å². The van der Waals surface area contributed by atoms with E-state index in [1.165, 1.54) is 57.4 Å². The number of piperidine rings is 1. The number of nitrogens with zero attached hydrogens (tertiary/aromatic N) is 2. The van der Waals surface area contributed by atoms with E-state index >= 15 is 0 Å². The number of benzene rings is 1. The number of hydrogen-bond acceptors (Lipinski definition) is 3. The minimum Gasteiger partial charge on any atom is -0.328 e. The Morgan fingerprint density at radius 1 is 1.10 bits per heavy atom. The van der Waals surface area contributed by atoms with Crippen molar-refractivity contribution in [1.29, 1.82) is 0 Å².